The number of hydrogen-bond acceptors (Lipinski definition) is 3. The van der Waals surface area contributed by atoms with Crippen molar-refractivity contribution in [3.63, 3.8) is 0 Å². The lowest BCUT2D eigenvalue weighted by Gasteiger charge is -2.31. The van der Waals surface area contributed by atoms with Crippen molar-refractivity contribution in [1.29, 1.82) is 0 Å². The maximum atomic E-state index is 12.7. The van der Waals surface area contributed by atoms with Gasteiger partial charge in [0.15, 0.2) is 0 Å². The fraction of sp³-hybridized carbons (Fsp3) is 0.600. The number of carbonyl (C=O) groups excluding carboxylic acids is 2. The lowest BCUT2D eigenvalue weighted by atomic mass is 10.1. The van der Waals surface area contributed by atoms with Crippen LogP contribution in [0.3, 0.4) is 0 Å². The number of carbonyl (C=O) groups is 2. The van der Waals surface area contributed by atoms with Crippen LogP contribution in [0.5, 0.6) is 0 Å². The quantitative estimate of drug-likeness (QED) is 0.782. The third-order valence-corrected chi connectivity index (χ3v) is 4.84. The topological polar surface area (TPSA) is 52.7 Å². The first-order valence-corrected chi connectivity index (χ1v) is 9.27. The molecule has 1 fully saturated rings. The van der Waals surface area contributed by atoms with E-state index in [9.17, 15) is 9.59 Å². The average Bonchev–Trinajstić information content (AvgIpc) is 3.43. The van der Waals surface area contributed by atoms with Gasteiger partial charge in [-0.15, -0.1) is 0 Å². The van der Waals surface area contributed by atoms with E-state index < -0.39 is 0 Å². The van der Waals surface area contributed by atoms with Gasteiger partial charge < -0.3 is 15.1 Å². The minimum Gasteiger partial charge on any atom is -0.377 e. The summed E-state index contributed by atoms with van der Waals surface area (Å²) in [5.74, 6) is 0.471. The molecule has 0 aliphatic heterocycles. The van der Waals surface area contributed by atoms with E-state index in [2.05, 4.69) is 24.1 Å². The molecule has 5 nitrogen and oxygen atoms in total. The van der Waals surface area contributed by atoms with Crippen LogP contribution in [0.15, 0.2) is 18.2 Å². The van der Waals surface area contributed by atoms with Gasteiger partial charge in [0.1, 0.15) is 0 Å². The first-order valence-electron chi connectivity index (χ1n) is 9.27. The zero-order chi connectivity index (χ0) is 18.6. The van der Waals surface area contributed by atoms with Crippen LogP contribution in [0.4, 0.5) is 11.4 Å². The number of anilines is 2. The molecule has 0 heterocycles. The smallest absolute Gasteiger partial charge is 0.226 e. The number of nitrogens with one attached hydrogen (secondary N) is 1. The van der Waals surface area contributed by atoms with E-state index in [0.29, 0.717) is 13.0 Å². The van der Waals surface area contributed by atoms with Crippen LogP contribution < -0.4 is 10.2 Å². The van der Waals surface area contributed by atoms with Crippen molar-refractivity contribution in [2.45, 2.75) is 59.0 Å². The Morgan fingerprint density at radius 3 is 2.44 bits per heavy atom. The molecule has 0 spiro atoms. The third kappa shape index (κ3) is 4.97. The van der Waals surface area contributed by atoms with Gasteiger partial charge >= 0.3 is 0 Å². The first-order chi connectivity index (χ1) is 11.9. The predicted molar refractivity (Wildman–Crippen MR) is 103 cm³/mol. The van der Waals surface area contributed by atoms with Crippen LogP contribution in [0.2, 0.25) is 0 Å². The predicted octanol–water partition coefficient (Wildman–Crippen LogP) is 3.64. The Kier molecular flexibility index (Phi) is 6.45. The summed E-state index contributed by atoms with van der Waals surface area (Å²) in [5.41, 5.74) is 2.93. The van der Waals surface area contributed by atoms with Crippen LogP contribution >= 0.6 is 0 Å². The molecule has 1 atom stereocenters. The summed E-state index contributed by atoms with van der Waals surface area (Å²) in [4.78, 5) is 28.5. The molecule has 1 aliphatic carbocycles. The zero-order valence-electron chi connectivity index (χ0n) is 16.1. The molecule has 25 heavy (non-hydrogen) atoms. The second kappa shape index (κ2) is 8.37. The lowest BCUT2D eigenvalue weighted by Crippen LogP contribution is -2.39. The first kappa shape index (κ1) is 19.3. The fourth-order valence-electron chi connectivity index (χ4n) is 2.90. The molecule has 138 valence electrons. The molecule has 0 unspecified atom stereocenters. The van der Waals surface area contributed by atoms with Crippen LogP contribution in [0, 0.1) is 5.92 Å². The molecule has 2 amide bonds. The van der Waals surface area contributed by atoms with Crippen LogP contribution in [0.1, 0.15) is 52.0 Å². The Morgan fingerprint density at radius 1 is 1.24 bits per heavy atom. The Hall–Kier alpha value is -2.04. The highest BCUT2D eigenvalue weighted by molar-refractivity contribution is 5.91. The molecule has 0 radical (unpaired) electrons. The Labute approximate surface area is 151 Å². The fourth-order valence-corrected chi connectivity index (χ4v) is 2.90. The lowest BCUT2D eigenvalue weighted by molar-refractivity contribution is -0.135. The monoisotopic (exact) mass is 345 g/mol. The minimum absolute atomic E-state index is 0.00334. The summed E-state index contributed by atoms with van der Waals surface area (Å²) < 4.78 is 0. The molecule has 1 aromatic carbocycles. The normalized spacial score (nSPS) is 14.8. The second-order valence-electron chi connectivity index (χ2n) is 7.14. The Morgan fingerprint density at radius 2 is 1.92 bits per heavy atom. The van der Waals surface area contributed by atoms with Crippen molar-refractivity contribution in [3.8, 4) is 0 Å². The van der Waals surface area contributed by atoms with Gasteiger partial charge in [0.2, 0.25) is 11.8 Å². The number of amides is 2. The summed E-state index contributed by atoms with van der Waals surface area (Å²) in [6.45, 7) is 6.64. The molecule has 1 aromatic rings. The number of nitrogens with zero attached hydrogens (tertiary/aromatic N) is 2. The van der Waals surface area contributed by atoms with E-state index in [1.54, 1.807) is 0 Å². The van der Waals surface area contributed by atoms with Crippen molar-refractivity contribution in [3.05, 3.63) is 23.8 Å². The largest absolute Gasteiger partial charge is 0.377 e. The molecular weight excluding hydrogens is 314 g/mol. The standard InChI is InChI=1S/C20H31N3O2/c1-6-14(3)23(20(25)15-8-9-15)13-16-12-17(21-19(24)7-2)10-11-18(16)22(4)5/h10-12,14-15H,6-9,13H2,1-5H3,(H,21,24)/t14-/m1/s1. The highest BCUT2D eigenvalue weighted by atomic mass is 16.2. The van der Waals surface area contributed by atoms with Gasteiger partial charge in [-0.05, 0) is 49.9 Å². The summed E-state index contributed by atoms with van der Waals surface area (Å²) in [5, 5.41) is 2.92. The SMILES string of the molecule is CCC(=O)Nc1ccc(N(C)C)c(CN(C(=O)C2CC2)[C@H](C)CC)c1. The molecule has 0 bridgehead atoms. The van der Waals surface area contributed by atoms with Gasteiger partial charge in [0.25, 0.3) is 0 Å². The van der Waals surface area contributed by atoms with Gasteiger partial charge in [-0.1, -0.05) is 13.8 Å². The van der Waals surface area contributed by atoms with Crippen molar-refractivity contribution < 1.29 is 9.59 Å². The third-order valence-electron chi connectivity index (χ3n) is 4.84. The molecule has 2 rings (SSSR count). The molecule has 1 N–H and O–H groups in total. The molecule has 1 aliphatic rings. The van der Waals surface area contributed by atoms with Crippen LogP contribution in [-0.4, -0.2) is 36.9 Å². The highest BCUT2D eigenvalue weighted by Crippen LogP contribution is 2.33. The Balaban J connectivity index is 2.30. The zero-order valence-corrected chi connectivity index (χ0v) is 16.1. The van der Waals surface area contributed by atoms with Crippen molar-refractivity contribution in [1.82, 2.24) is 4.90 Å². The van der Waals surface area contributed by atoms with Crippen molar-refractivity contribution >= 4 is 23.2 Å². The number of rotatable bonds is 8. The summed E-state index contributed by atoms with van der Waals surface area (Å²) in [7, 11) is 4.00. The van der Waals surface area contributed by atoms with Crippen LogP contribution in [0.25, 0.3) is 0 Å². The number of hydrogen-bond donors (Lipinski definition) is 1. The molecule has 5 heteroatoms. The maximum Gasteiger partial charge on any atom is 0.226 e. The number of benzene rings is 1. The van der Waals surface area contributed by atoms with Gasteiger partial charge in [-0.3, -0.25) is 9.59 Å². The van der Waals surface area contributed by atoms with E-state index in [-0.39, 0.29) is 23.8 Å². The molecule has 1 saturated carbocycles. The maximum absolute atomic E-state index is 12.7. The summed E-state index contributed by atoms with van der Waals surface area (Å²) >= 11 is 0. The van der Waals surface area contributed by atoms with E-state index in [4.69, 9.17) is 0 Å². The van der Waals surface area contributed by atoms with E-state index in [1.807, 2.05) is 44.1 Å². The van der Waals surface area contributed by atoms with Crippen molar-refractivity contribution in [2.24, 2.45) is 5.92 Å². The molecular formula is C20H31N3O2. The average molecular weight is 345 g/mol. The summed E-state index contributed by atoms with van der Waals surface area (Å²) in [6.07, 6.45) is 3.41. The van der Waals surface area contributed by atoms with Gasteiger partial charge in [-0.25, -0.2) is 0 Å². The van der Waals surface area contributed by atoms with E-state index in [0.717, 1.165) is 36.2 Å². The van der Waals surface area contributed by atoms with Gasteiger partial charge in [0, 0.05) is 50.4 Å². The van der Waals surface area contributed by atoms with E-state index >= 15 is 0 Å². The van der Waals surface area contributed by atoms with Gasteiger partial charge in [-0.2, -0.15) is 0 Å². The van der Waals surface area contributed by atoms with Crippen LogP contribution in [-0.2, 0) is 16.1 Å². The highest BCUT2D eigenvalue weighted by Gasteiger charge is 2.35. The summed E-state index contributed by atoms with van der Waals surface area (Å²) in [6, 6.07) is 6.13. The minimum atomic E-state index is -0.00334. The van der Waals surface area contributed by atoms with Gasteiger partial charge in [0.05, 0.1) is 0 Å². The second-order valence-corrected chi connectivity index (χ2v) is 7.14. The Bertz CT molecular complexity index is 623. The molecule has 0 saturated heterocycles. The van der Waals surface area contributed by atoms with Crippen molar-refractivity contribution in [2.75, 3.05) is 24.3 Å². The van der Waals surface area contributed by atoms with E-state index in [1.165, 1.54) is 0 Å². The molecule has 0 aromatic heterocycles.